The summed E-state index contributed by atoms with van der Waals surface area (Å²) >= 11 is 0. The minimum Gasteiger partial charge on any atom is -0.493 e. The van der Waals surface area contributed by atoms with Gasteiger partial charge >= 0.3 is 5.97 Å². The van der Waals surface area contributed by atoms with E-state index in [0.29, 0.717) is 18.2 Å². The fraction of sp³-hybridized carbons (Fsp3) is 0.478. The van der Waals surface area contributed by atoms with Gasteiger partial charge in [0.1, 0.15) is 12.3 Å². The Morgan fingerprint density at radius 3 is 2.73 bits per heavy atom. The molecule has 4 atom stereocenters. The lowest BCUT2D eigenvalue weighted by Crippen LogP contribution is -2.44. The summed E-state index contributed by atoms with van der Waals surface area (Å²) in [4.78, 5) is 20.0. The van der Waals surface area contributed by atoms with E-state index in [0.717, 1.165) is 29.4 Å². The second-order valence-electron chi connectivity index (χ2n) is 8.12. The number of allylic oxidation sites excluding steroid dienone is 1. The normalized spacial score (nSPS) is 31.3. The third-order valence-electron chi connectivity index (χ3n) is 7.10. The molecule has 3 heterocycles. The zero-order valence-electron chi connectivity index (χ0n) is 17.7. The van der Waals surface area contributed by atoms with Gasteiger partial charge in [-0.25, -0.2) is 0 Å². The van der Waals surface area contributed by atoms with Crippen molar-refractivity contribution in [3.8, 4) is 11.5 Å². The summed E-state index contributed by atoms with van der Waals surface area (Å²) < 4.78 is 22.9. The highest BCUT2D eigenvalue weighted by molar-refractivity contribution is 5.88. The van der Waals surface area contributed by atoms with Crippen molar-refractivity contribution in [2.45, 2.75) is 25.0 Å². The van der Waals surface area contributed by atoms with Crippen LogP contribution >= 0.6 is 0 Å². The summed E-state index contributed by atoms with van der Waals surface area (Å²) in [5.74, 6) is 0.704. The molecule has 2 bridgehead atoms. The number of esters is 1. The maximum absolute atomic E-state index is 13.1. The average Bonchev–Trinajstić information content (AvgIpc) is 3.28. The molecule has 7 heteroatoms. The van der Waals surface area contributed by atoms with Crippen LogP contribution in [0.3, 0.4) is 0 Å². The Labute approximate surface area is 175 Å². The standard InChI is InChI=1S/C23H26N2O5/c1-5-13-11-25-12-30-23(20(25)9-14(13)21(23)22(26)29-4)16-6-7-24-17-10-19(28-3)18(27-2)8-15(16)17/h5-8,10,14,20-21H,9,11-12H2,1-4H3/b13-5-. The van der Waals surface area contributed by atoms with Crippen molar-refractivity contribution in [2.75, 3.05) is 34.6 Å². The van der Waals surface area contributed by atoms with E-state index < -0.39 is 11.5 Å². The molecule has 0 radical (unpaired) electrons. The molecule has 7 nitrogen and oxygen atoms in total. The van der Waals surface area contributed by atoms with Crippen LogP contribution in [0.15, 0.2) is 36.0 Å². The number of aromatic nitrogens is 1. The summed E-state index contributed by atoms with van der Waals surface area (Å²) in [6, 6.07) is 5.88. The molecular formula is C23H26N2O5. The number of hydrogen-bond donors (Lipinski definition) is 0. The van der Waals surface area contributed by atoms with Crippen molar-refractivity contribution in [2.24, 2.45) is 11.8 Å². The highest BCUT2D eigenvalue weighted by Gasteiger charge is 2.68. The summed E-state index contributed by atoms with van der Waals surface area (Å²) in [6.07, 6.45) is 4.79. The van der Waals surface area contributed by atoms with Crippen LogP contribution in [0.4, 0.5) is 0 Å². The van der Waals surface area contributed by atoms with E-state index >= 15 is 0 Å². The SMILES string of the molecule is C/C=C1/CN2COC3(c4ccnc5cc(OC)c(OC)cc45)C(C(=O)OC)C1CC23. The molecule has 30 heavy (non-hydrogen) atoms. The minimum atomic E-state index is -0.788. The van der Waals surface area contributed by atoms with Crippen LogP contribution in [0.5, 0.6) is 11.5 Å². The molecule has 2 aliphatic heterocycles. The molecule has 1 aliphatic carbocycles. The molecule has 3 fully saturated rings. The first-order chi connectivity index (χ1) is 14.6. The van der Waals surface area contributed by atoms with Crippen LogP contribution in [-0.4, -0.2) is 56.5 Å². The van der Waals surface area contributed by atoms with Gasteiger partial charge in [-0.3, -0.25) is 14.7 Å². The molecule has 5 rings (SSSR count). The lowest BCUT2D eigenvalue weighted by molar-refractivity contribution is -0.158. The number of pyridine rings is 1. The molecule has 2 saturated heterocycles. The molecule has 2 aromatic rings. The number of methoxy groups -OCH3 is 3. The quantitative estimate of drug-likeness (QED) is 0.567. The van der Waals surface area contributed by atoms with Gasteiger partial charge in [-0.2, -0.15) is 0 Å². The van der Waals surface area contributed by atoms with Gasteiger partial charge in [0, 0.05) is 30.2 Å². The number of benzene rings is 1. The second-order valence-corrected chi connectivity index (χ2v) is 8.12. The minimum absolute atomic E-state index is 0.104. The fourth-order valence-corrected chi connectivity index (χ4v) is 5.83. The number of piperidine rings is 1. The van der Waals surface area contributed by atoms with Gasteiger partial charge in [0.15, 0.2) is 11.5 Å². The van der Waals surface area contributed by atoms with Crippen molar-refractivity contribution in [3.63, 3.8) is 0 Å². The molecule has 0 amide bonds. The third-order valence-corrected chi connectivity index (χ3v) is 7.10. The van der Waals surface area contributed by atoms with Gasteiger partial charge in [-0.05, 0) is 37.0 Å². The summed E-state index contributed by atoms with van der Waals surface area (Å²) in [5, 5.41) is 0.903. The van der Waals surface area contributed by atoms with E-state index in [1.807, 2.05) is 25.1 Å². The Morgan fingerprint density at radius 1 is 1.27 bits per heavy atom. The van der Waals surface area contributed by atoms with E-state index in [9.17, 15) is 4.79 Å². The zero-order valence-corrected chi connectivity index (χ0v) is 17.7. The van der Waals surface area contributed by atoms with Crippen LogP contribution in [0, 0.1) is 11.8 Å². The molecule has 1 aromatic heterocycles. The number of hydrogen-bond acceptors (Lipinski definition) is 7. The van der Waals surface area contributed by atoms with Gasteiger partial charge in [-0.1, -0.05) is 11.6 Å². The van der Waals surface area contributed by atoms with Crippen molar-refractivity contribution in [1.82, 2.24) is 9.88 Å². The van der Waals surface area contributed by atoms with Gasteiger partial charge < -0.3 is 18.9 Å². The summed E-state index contributed by atoms with van der Waals surface area (Å²) in [5.41, 5.74) is 2.22. The Bertz CT molecular complexity index is 1050. The van der Waals surface area contributed by atoms with Crippen LogP contribution < -0.4 is 9.47 Å². The molecule has 0 spiro atoms. The Kier molecular flexibility index (Phi) is 4.48. The molecule has 158 valence electrons. The van der Waals surface area contributed by atoms with Gasteiger partial charge in [0.2, 0.25) is 0 Å². The average molecular weight is 410 g/mol. The Morgan fingerprint density at radius 2 is 2.03 bits per heavy atom. The van der Waals surface area contributed by atoms with Crippen LogP contribution in [0.2, 0.25) is 0 Å². The molecule has 3 aliphatic rings. The number of rotatable bonds is 4. The summed E-state index contributed by atoms with van der Waals surface area (Å²) in [7, 11) is 4.68. The number of carbonyl (C=O) groups is 1. The Hall–Kier alpha value is -2.64. The topological polar surface area (TPSA) is 70.1 Å². The smallest absolute Gasteiger partial charge is 0.312 e. The van der Waals surface area contributed by atoms with Gasteiger partial charge in [0.05, 0.1) is 32.8 Å². The Balaban J connectivity index is 1.78. The van der Waals surface area contributed by atoms with Crippen LogP contribution in [0.1, 0.15) is 18.9 Å². The third kappa shape index (κ3) is 2.39. The van der Waals surface area contributed by atoms with Gasteiger partial charge in [0.25, 0.3) is 0 Å². The molecule has 4 unspecified atom stereocenters. The van der Waals surface area contributed by atoms with Crippen LogP contribution in [-0.2, 0) is 19.9 Å². The zero-order chi connectivity index (χ0) is 21.0. The predicted molar refractivity (Wildman–Crippen MR) is 110 cm³/mol. The molecular weight excluding hydrogens is 384 g/mol. The van der Waals surface area contributed by atoms with E-state index in [1.54, 1.807) is 20.4 Å². The largest absolute Gasteiger partial charge is 0.493 e. The molecule has 0 N–H and O–H groups in total. The van der Waals surface area contributed by atoms with Crippen molar-refractivity contribution >= 4 is 16.9 Å². The highest BCUT2D eigenvalue weighted by atomic mass is 16.5. The first-order valence-corrected chi connectivity index (χ1v) is 10.2. The van der Waals surface area contributed by atoms with Crippen LogP contribution in [0.25, 0.3) is 10.9 Å². The highest BCUT2D eigenvalue weighted by Crippen LogP contribution is 2.60. The predicted octanol–water partition coefficient (Wildman–Crippen LogP) is 2.87. The number of ether oxygens (including phenoxy) is 4. The number of fused-ring (bicyclic) bond motifs is 2. The van der Waals surface area contributed by atoms with Crippen molar-refractivity contribution in [3.05, 3.63) is 41.6 Å². The number of nitrogens with zero attached hydrogens (tertiary/aromatic N) is 2. The first-order valence-electron chi connectivity index (χ1n) is 10.2. The maximum Gasteiger partial charge on any atom is 0.312 e. The van der Waals surface area contributed by atoms with Crippen molar-refractivity contribution < 1.29 is 23.7 Å². The second kappa shape index (κ2) is 6.96. The maximum atomic E-state index is 13.1. The molecule has 1 saturated carbocycles. The molecule has 1 aromatic carbocycles. The first kappa shape index (κ1) is 19.3. The van der Waals surface area contributed by atoms with Crippen molar-refractivity contribution in [1.29, 1.82) is 0 Å². The lowest BCUT2D eigenvalue weighted by atomic mass is 9.77. The van der Waals surface area contributed by atoms with E-state index in [2.05, 4.69) is 16.0 Å². The fourth-order valence-electron chi connectivity index (χ4n) is 5.83. The van der Waals surface area contributed by atoms with E-state index in [-0.39, 0.29) is 17.9 Å². The lowest BCUT2D eigenvalue weighted by Gasteiger charge is -2.35. The van der Waals surface area contributed by atoms with Gasteiger partial charge in [-0.15, -0.1) is 0 Å². The van der Waals surface area contributed by atoms with E-state index in [1.165, 1.54) is 12.7 Å². The number of carbonyl (C=O) groups excluding carboxylic acids is 1. The monoisotopic (exact) mass is 410 g/mol. The van der Waals surface area contributed by atoms with E-state index in [4.69, 9.17) is 18.9 Å². The summed E-state index contributed by atoms with van der Waals surface area (Å²) in [6.45, 7) is 3.35.